The Hall–Kier alpha value is -1.04. The number of pyridine rings is 1. The minimum Gasteiger partial charge on any atom is -0.368 e. The van der Waals surface area contributed by atoms with Gasteiger partial charge >= 0.3 is 6.18 Å². The van der Waals surface area contributed by atoms with E-state index in [0.717, 1.165) is 6.07 Å². The van der Waals surface area contributed by atoms with Crippen LogP contribution in [0, 0.1) is 5.82 Å². The fourth-order valence-electron chi connectivity index (χ4n) is 1.20. The number of hydrogen-bond donors (Lipinski definition) is 1. The molecule has 0 bridgehead atoms. The third-order valence-corrected chi connectivity index (χ3v) is 2.19. The lowest BCUT2D eigenvalue weighted by Gasteiger charge is -2.08. The Morgan fingerprint density at radius 2 is 2.00 bits per heavy atom. The van der Waals surface area contributed by atoms with Gasteiger partial charge in [-0.15, -0.1) is 0 Å². The minimum absolute atomic E-state index is 0.00130. The summed E-state index contributed by atoms with van der Waals surface area (Å²) in [6, 6.07) is 1.09. The molecule has 0 saturated heterocycles. The molecule has 0 saturated carbocycles. The normalized spacial score (nSPS) is 11.6. The van der Waals surface area contributed by atoms with Gasteiger partial charge in [0.2, 0.25) is 0 Å². The highest BCUT2D eigenvalue weighted by atomic mass is 35.5. The van der Waals surface area contributed by atoms with E-state index in [4.69, 9.17) is 11.6 Å². The van der Waals surface area contributed by atoms with Crippen molar-refractivity contribution >= 4 is 17.4 Å². The fourth-order valence-corrected chi connectivity index (χ4v) is 1.35. The maximum Gasteiger partial charge on any atom is 0.389 e. The van der Waals surface area contributed by atoms with Crippen molar-refractivity contribution < 1.29 is 17.6 Å². The number of nitrogens with zero attached hydrogens (tertiary/aromatic N) is 1. The number of unbranched alkanes of at least 4 members (excludes halogenated alkanes) is 1. The van der Waals surface area contributed by atoms with E-state index in [1.54, 1.807) is 0 Å². The van der Waals surface area contributed by atoms with Crippen molar-refractivity contribution in [3.05, 3.63) is 23.1 Å². The van der Waals surface area contributed by atoms with Crippen LogP contribution in [0.3, 0.4) is 0 Å². The Morgan fingerprint density at radius 1 is 1.29 bits per heavy atom. The van der Waals surface area contributed by atoms with Crippen molar-refractivity contribution in [1.29, 1.82) is 0 Å². The summed E-state index contributed by atoms with van der Waals surface area (Å²) in [6.07, 6.45) is -3.40. The topological polar surface area (TPSA) is 24.9 Å². The smallest absolute Gasteiger partial charge is 0.368 e. The van der Waals surface area contributed by atoms with Gasteiger partial charge in [-0.25, -0.2) is 9.37 Å². The van der Waals surface area contributed by atoms with E-state index in [-0.39, 0.29) is 23.8 Å². The number of alkyl halides is 3. The molecule has 0 amide bonds. The van der Waals surface area contributed by atoms with Crippen molar-refractivity contribution in [2.45, 2.75) is 25.4 Å². The molecular weight excluding hydrogens is 260 g/mol. The monoisotopic (exact) mass is 270 g/mol. The predicted octanol–water partition coefficient (Wildman–Crippen LogP) is 4.02. The van der Waals surface area contributed by atoms with E-state index in [1.165, 1.54) is 6.20 Å². The largest absolute Gasteiger partial charge is 0.389 e. The highest BCUT2D eigenvalue weighted by Gasteiger charge is 2.25. The van der Waals surface area contributed by atoms with Gasteiger partial charge < -0.3 is 5.32 Å². The van der Waals surface area contributed by atoms with Crippen LogP contribution >= 0.6 is 11.6 Å². The van der Waals surface area contributed by atoms with Crippen LogP contribution in [0.2, 0.25) is 5.02 Å². The van der Waals surface area contributed by atoms with Crippen molar-refractivity contribution in [1.82, 2.24) is 4.98 Å². The first-order valence-corrected chi connectivity index (χ1v) is 5.38. The van der Waals surface area contributed by atoms with E-state index in [1.807, 2.05) is 0 Å². The number of halogens is 5. The quantitative estimate of drug-likeness (QED) is 0.646. The average Bonchev–Trinajstić information content (AvgIpc) is 2.18. The maximum absolute atomic E-state index is 13.2. The molecule has 1 aromatic rings. The molecule has 0 aliphatic rings. The second-order valence-electron chi connectivity index (χ2n) is 3.48. The van der Waals surface area contributed by atoms with Crippen molar-refractivity contribution in [2.24, 2.45) is 0 Å². The molecule has 0 aliphatic heterocycles. The van der Waals surface area contributed by atoms with E-state index in [9.17, 15) is 17.6 Å². The Labute approximate surface area is 101 Å². The molecule has 7 heteroatoms. The van der Waals surface area contributed by atoms with Crippen LogP contribution in [0.15, 0.2) is 12.3 Å². The highest BCUT2D eigenvalue weighted by molar-refractivity contribution is 6.30. The van der Waals surface area contributed by atoms with Gasteiger partial charge in [-0.2, -0.15) is 13.2 Å². The van der Waals surface area contributed by atoms with Crippen LogP contribution in [0.25, 0.3) is 0 Å². The van der Waals surface area contributed by atoms with Gasteiger partial charge in [-0.1, -0.05) is 11.6 Å². The van der Waals surface area contributed by atoms with Crippen molar-refractivity contribution in [2.75, 3.05) is 11.9 Å². The second-order valence-corrected chi connectivity index (χ2v) is 3.92. The van der Waals surface area contributed by atoms with Gasteiger partial charge in [0.25, 0.3) is 0 Å². The van der Waals surface area contributed by atoms with Gasteiger partial charge in [0.15, 0.2) is 11.6 Å². The second kappa shape index (κ2) is 6.05. The fraction of sp³-hybridized carbons (Fsp3) is 0.500. The molecule has 0 atom stereocenters. The van der Waals surface area contributed by atoms with Gasteiger partial charge in [-0.05, 0) is 18.9 Å². The first-order valence-electron chi connectivity index (χ1n) is 5.00. The first-order chi connectivity index (χ1) is 7.88. The lowest BCUT2D eigenvalue weighted by Crippen LogP contribution is -2.09. The average molecular weight is 271 g/mol. The third kappa shape index (κ3) is 5.72. The van der Waals surface area contributed by atoms with E-state index in [0.29, 0.717) is 6.42 Å². The van der Waals surface area contributed by atoms with Crippen LogP contribution in [-0.2, 0) is 0 Å². The van der Waals surface area contributed by atoms with Gasteiger partial charge in [-0.3, -0.25) is 0 Å². The predicted molar refractivity (Wildman–Crippen MR) is 57.6 cm³/mol. The van der Waals surface area contributed by atoms with Crippen molar-refractivity contribution in [3.63, 3.8) is 0 Å². The molecule has 1 aromatic heterocycles. The standard InChI is InChI=1S/C10H11ClF4N2/c11-7-5-8(12)9(17-6-7)16-4-2-1-3-10(13,14)15/h5-6H,1-4H2,(H,16,17). The Bertz CT molecular complexity index is 368. The molecule has 0 radical (unpaired) electrons. The van der Waals surface area contributed by atoms with Crippen LogP contribution in [-0.4, -0.2) is 17.7 Å². The number of rotatable bonds is 5. The molecule has 0 aliphatic carbocycles. The lowest BCUT2D eigenvalue weighted by molar-refractivity contribution is -0.135. The SMILES string of the molecule is Fc1cc(Cl)cnc1NCCCCC(F)(F)F. The Kier molecular flexibility index (Phi) is 4.99. The Morgan fingerprint density at radius 3 is 2.59 bits per heavy atom. The Balaban J connectivity index is 2.27. The summed E-state index contributed by atoms with van der Waals surface area (Å²) in [7, 11) is 0. The zero-order chi connectivity index (χ0) is 12.9. The molecule has 96 valence electrons. The summed E-state index contributed by atoms with van der Waals surface area (Å²) in [4.78, 5) is 3.68. The summed E-state index contributed by atoms with van der Waals surface area (Å²) in [5.41, 5.74) is 0. The summed E-state index contributed by atoms with van der Waals surface area (Å²) in [5, 5.41) is 2.79. The number of anilines is 1. The summed E-state index contributed by atoms with van der Waals surface area (Å²) >= 11 is 5.50. The lowest BCUT2D eigenvalue weighted by atomic mass is 10.2. The third-order valence-electron chi connectivity index (χ3n) is 1.99. The molecule has 0 fully saturated rings. The van der Waals surface area contributed by atoms with E-state index in [2.05, 4.69) is 10.3 Å². The van der Waals surface area contributed by atoms with Crippen LogP contribution in [0.4, 0.5) is 23.4 Å². The molecule has 0 spiro atoms. The maximum atomic E-state index is 13.2. The molecule has 17 heavy (non-hydrogen) atoms. The number of hydrogen-bond acceptors (Lipinski definition) is 2. The minimum atomic E-state index is -4.14. The highest BCUT2D eigenvalue weighted by Crippen LogP contribution is 2.22. The summed E-state index contributed by atoms with van der Waals surface area (Å²) in [5.74, 6) is -0.616. The summed E-state index contributed by atoms with van der Waals surface area (Å²) in [6.45, 7) is 0.238. The van der Waals surface area contributed by atoms with Gasteiger partial charge in [0, 0.05) is 19.2 Å². The van der Waals surface area contributed by atoms with Crippen LogP contribution in [0.5, 0.6) is 0 Å². The molecule has 0 aromatic carbocycles. The van der Waals surface area contributed by atoms with Gasteiger partial charge in [0.1, 0.15) is 0 Å². The molecule has 0 unspecified atom stereocenters. The van der Waals surface area contributed by atoms with Crippen LogP contribution < -0.4 is 5.32 Å². The van der Waals surface area contributed by atoms with E-state index < -0.39 is 18.4 Å². The molecule has 1 N–H and O–H groups in total. The van der Waals surface area contributed by atoms with Crippen molar-refractivity contribution in [3.8, 4) is 0 Å². The van der Waals surface area contributed by atoms with E-state index >= 15 is 0 Å². The first kappa shape index (κ1) is 14.0. The number of nitrogens with one attached hydrogen (secondary N) is 1. The van der Waals surface area contributed by atoms with Crippen LogP contribution in [0.1, 0.15) is 19.3 Å². The molecule has 1 rings (SSSR count). The molecule has 1 heterocycles. The molecular formula is C10H11ClF4N2. The zero-order valence-corrected chi connectivity index (χ0v) is 9.58. The number of aromatic nitrogens is 1. The van der Waals surface area contributed by atoms with Gasteiger partial charge in [0.05, 0.1) is 5.02 Å². The zero-order valence-electron chi connectivity index (χ0n) is 8.82. The molecule has 2 nitrogen and oxygen atoms in total. The summed E-state index contributed by atoms with van der Waals surface area (Å²) < 4.78 is 48.6.